The summed E-state index contributed by atoms with van der Waals surface area (Å²) in [6.07, 6.45) is 1.12. The Kier molecular flexibility index (Phi) is 6.96. The Balaban J connectivity index is 2.65. The molecule has 0 fully saturated rings. The molecular formula is C15H25N3O3S. The highest BCUT2D eigenvalue weighted by molar-refractivity contribution is 7.11. The Morgan fingerprint density at radius 2 is 2.05 bits per heavy atom. The summed E-state index contributed by atoms with van der Waals surface area (Å²) >= 11 is 1.57. The Hall–Kier alpha value is -1.47. The average molecular weight is 327 g/mol. The number of aliphatic hydroxyl groups is 1. The summed E-state index contributed by atoms with van der Waals surface area (Å²) in [7, 11) is 1.65. The van der Waals surface area contributed by atoms with Gasteiger partial charge in [-0.15, -0.1) is 11.3 Å². The summed E-state index contributed by atoms with van der Waals surface area (Å²) in [6, 6.07) is -1.25. The molecule has 0 aliphatic carbocycles. The molecule has 1 heterocycles. The van der Waals surface area contributed by atoms with Crippen molar-refractivity contribution >= 4 is 23.2 Å². The van der Waals surface area contributed by atoms with Gasteiger partial charge in [-0.25, -0.2) is 9.78 Å². The summed E-state index contributed by atoms with van der Waals surface area (Å²) < 4.78 is 0. The molecule has 124 valence electrons. The Labute approximate surface area is 135 Å². The molecule has 0 spiro atoms. The number of urea groups is 1. The molecule has 22 heavy (non-hydrogen) atoms. The van der Waals surface area contributed by atoms with Gasteiger partial charge >= 0.3 is 6.03 Å². The molecule has 2 amide bonds. The SMILES string of the molecule is CCC(=O)C(NC(=O)N(C)Cc1cnc(C(C)C)s1)C(C)O. The predicted molar refractivity (Wildman–Crippen MR) is 87.0 cm³/mol. The standard InChI is InChI=1S/C15H25N3O3S/c1-6-12(20)13(10(4)19)17-15(21)18(5)8-11-7-16-14(22-11)9(2)3/h7,9-10,13,19H,6,8H2,1-5H3,(H,17,21). The van der Waals surface area contributed by atoms with Crippen LogP contribution in [0.2, 0.25) is 0 Å². The number of nitrogens with one attached hydrogen (secondary N) is 1. The molecule has 6 nitrogen and oxygen atoms in total. The number of hydrogen-bond donors (Lipinski definition) is 2. The summed E-state index contributed by atoms with van der Waals surface area (Å²) in [6.45, 7) is 7.77. The van der Waals surface area contributed by atoms with Crippen LogP contribution >= 0.6 is 11.3 Å². The first kappa shape index (κ1) is 18.6. The molecule has 2 atom stereocenters. The highest BCUT2D eigenvalue weighted by Crippen LogP contribution is 2.21. The minimum atomic E-state index is -0.916. The zero-order valence-electron chi connectivity index (χ0n) is 13.8. The fourth-order valence-electron chi connectivity index (χ4n) is 1.90. The molecule has 0 aliphatic heterocycles. The Morgan fingerprint density at radius 1 is 1.41 bits per heavy atom. The summed E-state index contributed by atoms with van der Waals surface area (Å²) in [4.78, 5) is 30.7. The molecule has 1 aromatic rings. The normalized spacial score (nSPS) is 13.8. The van der Waals surface area contributed by atoms with Crippen LogP contribution in [0.3, 0.4) is 0 Å². The quantitative estimate of drug-likeness (QED) is 0.804. The lowest BCUT2D eigenvalue weighted by atomic mass is 10.1. The van der Waals surface area contributed by atoms with Gasteiger partial charge in [-0.1, -0.05) is 20.8 Å². The molecule has 0 saturated carbocycles. The fraction of sp³-hybridized carbons (Fsp3) is 0.667. The lowest BCUT2D eigenvalue weighted by Gasteiger charge is -2.24. The number of thiazole rings is 1. The third-order valence-electron chi connectivity index (χ3n) is 3.26. The van der Waals surface area contributed by atoms with Gasteiger partial charge in [0, 0.05) is 30.5 Å². The predicted octanol–water partition coefficient (Wildman–Crippen LogP) is 2.14. The van der Waals surface area contributed by atoms with Gasteiger partial charge in [0.05, 0.1) is 17.7 Å². The molecular weight excluding hydrogens is 302 g/mol. The zero-order valence-corrected chi connectivity index (χ0v) is 14.6. The summed E-state index contributed by atoms with van der Waals surface area (Å²) in [5.41, 5.74) is 0. The number of carbonyl (C=O) groups excluding carboxylic acids is 2. The van der Waals surface area contributed by atoms with Crippen molar-refractivity contribution in [2.45, 2.75) is 58.7 Å². The van der Waals surface area contributed by atoms with Crippen LogP contribution in [-0.4, -0.2) is 46.0 Å². The zero-order chi connectivity index (χ0) is 16.9. The van der Waals surface area contributed by atoms with Gasteiger partial charge < -0.3 is 15.3 Å². The molecule has 7 heteroatoms. The van der Waals surface area contributed by atoms with Crippen LogP contribution in [0.5, 0.6) is 0 Å². The number of amides is 2. The van der Waals surface area contributed by atoms with E-state index in [-0.39, 0.29) is 18.2 Å². The van der Waals surface area contributed by atoms with E-state index < -0.39 is 12.1 Å². The van der Waals surface area contributed by atoms with Crippen molar-refractivity contribution in [1.29, 1.82) is 0 Å². The molecule has 1 aromatic heterocycles. The van der Waals surface area contributed by atoms with E-state index in [1.54, 1.807) is 31.5 Å². The number of nitrogens with zero attached hydrogens (tertiary/aromatic N) is 2. The maximum absolute atomic E-state index is 12.2. The van der Waals surface area contributed by atoms with Crippen molar-refractivity contribution in [2.24, 2.45) is 0 Å². The van der Waals surface area contributed by atoms with E-state index in [0.29, 0.717) is 12.5 Å². The van der Waals surface area contributed by atoms with Crippen LogP contribution in [-0.2, 0) is 11.3 Å². The molecule has 2 unspecified atom stereocenters. The minimum Gasteiger partial charge on any atom is -0.391 e. The second kappa shape index (κ2) is 8.24. The number of carbonyl (C=O) groups is 2. The van der Waals surface area contributed by atoms with Crippen molar-refractivity contribution in [3.8, 4) is 0 Å². The minimum absolute atomic E-state index is 0.184. The average Bonchev–Trinajstić information content (AvgIpc) is 2.91. The first-order chi connectivity index (χ1) is 10.3. The van der Waals surface area contributed by atoms with E-state index in [9.17, 15) is 14.7 Å². The topological polar surface area (TPSA) is 82.5 Å². The van der Waals surface area contributed by atoms with Crippen molar-refractivity contribution in [2.75, 3.05) is 7.05 Å². The smallest absolute Gasteiger partial charge is 0.318 e. The van der Waals surface area contributed by atoms with Crippen LogP contribution in [0.25, 0.3) is 0 Å². The number of ketones is 1. The van der Waals surface area contributed by atoms with E-state index in [1.165, 1.54) is 11.8 Å². The summed E-state index contributed by atoms with van der Waals surface area (Å²) in [5.74, 6) is 0.177. The van der Waals surface area contributed by atoms with Gasteiger partial charge in [0.15, 0.2) is 5.78 Å². The third kappa shape index (κ3) is 5.06. The monoisotopic (exact) mass is 327 g/mol. The lowest BCUT2D eigenvalue weighted by molar-refractivity contribution is -0.122. The highest BCUT2D eigenvalue weighted by atomic mass is 32.1. The first-order valence-corrected chi connectivity index (χ1v) is 8.24. The molecule has 0 aromatic carbocycles. The summed E-state index contributed by atoms with van der Waals surface area (Å²) in [5, 5.41) is 13.3. The van der Waals surface area contributed by atoms with E-state index in [2.05, 4.69) is 24.1 Å². The van der Waals surface area contributed by atoms with Crippen molar-refractivity contribution in [3.63, 3.8) is 0 Å². The van der Waals surface area contributed by atoms with Gasteiger partial charge in [-0.05, 0) is 6.92 Å². The highest BCUT2D eigenvalue weighted by Gasteiger charge is 2.25. The molecule has 0 bridgehead atoms. The number of hydrogen-bond acceptors (Lipinski definition) is 5. The number of rotatable bonds is 7. The van der Waals surface area contributed by atoms with Crippen LogP contribution < -0.4 is 5.32 Å². The van der Waals surface area contributed by atoms with E-state index in [1.807, 2.05) is 0 Å². The van der Waals surface area contributed by atoms with Crippen LogP contribution in [0.4, 0.5) is 4.79 Å². The maximum Gasteiger partial charge on any atom is 0.318 e. The molecule has 2 N–H and O–H groups in total. The molecule has 0 radical (unpaired) electrons. The fourth-order valence-corrected chi connectivity index (χ4v) is 2.87. The number of Topliss-reactive ketones (excluding diaryl/α,β-unsaturated/α-hetero) is 1. The lowest BCUT2D eigenvalue weighted by Crippen LogP contribution is -2.51. The van der Waals surface area contributed by atoms with Gasteiger partial charge in [0.25, 0.3) is 0 Å². The van der Waals surface area contributed by atoms with Gasteiger partial charge in [-0.2, -0.15) is 0 Å². The van der Waals surface area contributed by atoms with Crippen LogP contribution in [0, 0.1) is 0 Å². The van der Waals surface area contributed by atoms with Gasteiger partial charge in [0.2, 0.25) is 0 Å². The van der Waals surface area contributed by atoms with Gasteiger partial charge in [0.1, 0.15) is 6.04 Å². The Bertz CT molecular complexity index is 514. The van der Waals surface area contributed by atoms with Crippen molar-refractivity contribution in [1.82, 2.24) is 15.2 Å². The first-order valence-electron chi connectivity index (χ1n) is 7.43. The van der Waals surface area contributed by atoms with Crippen LogP contribution in [0.1, 0.15) is 49.9 Å². The molecule has 0 saturated heterocycles. The van der Waals surface area contributed by atoms with E-state index in [4.69, 9.17) is 0 Å². The molecule has 1 rings (SSSR count). The molecule has 0 aliphatic rings. The Morgan fingerprint density at radius 3 is 2.50 bits per heavy atom. The van der Waals surface area contributed by atoms with Crippen LogP contribution in [0.15, 0.2) is 6.20 Å². The number of aliphatic hydroxyl groups excluding tert-OH is 1. The second-order valence-corrected chi connectivity index (χ2v) is 6.81. The van der Waals surface area contributed by atoms with E-state index in [0.717, 1.165) is 9.88 Å². The number of aromatic nitrogens is 1. The van der Waals surface area contributed by atoms with Gasteiger partial charge in [-0.3, -0.25) is 4.79 Å². The third-order valence-corrected chi connectivity index (χ3v) is 4.54. The largest absolute Gasteiger partial charge is 0.391 e. The second-order valence-electron chi connectivity index (χ2n) is 5.66. The van der Waals surface area contributed by atoms with Crippen molar-refractivity contribution in [3.05, 3.63) is 16.1 Å². The maximum atomic E-state index is 12.2. The van der Waals surface area contributed by atoms with E-state index >= 15 is 0 Å². The van der Waals surface area contributed by atoms with Crippen molar-refractivity contribution < 1.29 is 14.7 Å².